The number of thiol groups is 1. The molecule has 0 saturated carbocycles. The first-order chi connectivity index (χ1) is 14.1. The molecule has 0 radical (unpaired) electrons. The summed E-state index contributed by atoms with van der Waals surface area (Å²) in [5.74, 6) is -3.93. The summed E-state index contributed by atoms with van der Waals surface area (Å²) in [5, 5.41) is 25.0. The second-order valence-corrected chi connectivity index (χ2v) is 7.31. The van der Waals surface area contributed by atoms with Crippen molar-refractivity contribution in [1.82, 2.24) is 25.9 Å². The van der Waals surface area contributed by atoms with Crippen molar-refractivity contribution >= 4 is 36.3 Å². The number of nitrogens with zero attached hydrogens (tertiary/aromatic N) is 1. The van der Waals surface area contributed by atoms with E-state index < -0.39 is 54.5 Å². The Morgan fingerprint density at radius 3 is 2.23 bits per heavy atom. The summed E-state index contributed by atoms with van der Waals surface area (Å²) in [6, 6.07) is -4.61. The molecule has 4 unspecified atom stereocenters. The molecule has 0 aliphatic heterocycles. The fourth-order valence-electron chi connectivity index (χ4n) is 2.43. The topological polar surface area (TPSA) is 200 Å². The van der Waals surface area contributed by atoms with E-state index in [2.05, 4.69) is 38.5 Å². The highest BCUT2D eigenvalue weighted by Crippen LogP contribution is 2.05. The molecule has 0 aliphatic rings. The summed E-state index contributed by atoms with van der Waals surface area (Å²) in [7, 11) is 0. The largest absolute Gasteiger partial charge is 0.480 e. The van der Waals surface area contributed by atoms with Gasteiger partial charge in [0, 0.05) is 24.1 Å². The molecule has 3 amide bonds. The van der Waals surface area contributed by atoms with Crippen molar-refractivity contribution < 1.29 is 29.4 Å². The number of aromatic amines is 1. The zero-order chi connectivity index (χ0) is 22.8. The Bertz CT molecular complexity index is 728. The standard InChI is InChI=1S/C17H28N6O6S/c1-8(2)13(23-14(25)10(18)3-9-4-19-7-20-9)16(27)22-12(6-30)15(26)21-11(5-24)17(28)29/h4,7-8,10-13,24,30H,3,5-6,18H2,1-2H3,(H,19,20)(H,21,26)(H,22,27)(H,23,25)(H,28,29). The van der Waals surface area contributed by atoms with Crippen molar-refractivity contribution in [2.24, 2.45) is 11.7 Å². The number of nitrogens with one attached hydrogen (secondary N) is 4. The lowest BCUT2D eigenvalue weighted by molar-refractivity contribution is -0.143. The van der Waals surface area contributed by atoms with Crippen LogP contribution >= 0.6 is 12.6 Å². The van der Waals surface area contributed by atoms with Crippen molar-refractivity contribution in [3.63, 3.8) is 0 Å². The van der Waals surface area contributed by atoms with Gasteiger partial charge in [0.25, 0.3) is 0 Å². The van der Waals surface area contributed by atoms with Gasteiger partial charge in [-0.05, 0) is 5.92 Å². The normalized spacial score (nSPS) is 15.0. The molecule has 30 heavy (non-hydrogen) atoms. The second-order valence-electron chi connectivity index (χ2n) is 6.94. The zero-order valence-corrected chi connectivity index (χ0v) is 17.6. The number of aliphatic hydroxyl groups excluding tert-OH is 1. The first-order valence-electron chi connectivity index (χ1n) is 9.19. The van der Waals surface area contributed by atoms with Crippen LogP contribution in [0.4, 0.5) is 0 Å². The third-order valence-electron chi connectivity index (χ3n) is 4.19. The molecule has 0 saturated heterocycles. The van der Waals surface area contributed by atoms with E-state index in [9.17, 15) is 19.2 Å². The third-order valence-corrected chi connectivity index (χ3v) is 4.56. The Hall–Kier alpha value is -2.64. The number of H-pyrrole nitrogens is 1. The molecular weight excluding hydrogens is 416 g/mol. The van der Waals surface area contributed by atoms with Crippen LogP contribution in [0.2, 0.25) is 0 Å². The van der Waals surface area contributed by atoms with Gasteiger partial charge in [-0.15, -0.1) is 0 Å². The molecule has 168 valence electrons. The van der Waals surface area contributed by atoms with Crippen molar-refractivity contribution in [3.05, 3.63) is 18.2 Å². The number of nitrogens with two attached hydrogens (primary N) is 1. The van der Waals surface area contributed by atoms with Crippen LogP contribution in [-0.2, 0) is 25.6 Å². The molecular formula is C17H28N6O6S. The van der Waals surface area contributed by atoms with Gasteiger partial charge in [0.1, 0.15) is 18.1 Å². The molecule has 0 aromatic carbocycles. The zero-order valence-electron chi connectivity index (χ0n) is 16.7. The van der Waals surface area contributed by atoms with Crippen LogP contribution < -0.4 is 21.7 Å². The monoisotopic (exact) mass is 444 g/mol. The molecule has 13 heteroatoms. The lowest BCUT2D eigenvalue weighted by Crippen LogP contribution is -2.59. The predicted molar refractivity (Wildman–Crippen MR) is 109 cm³/mol. The number of hydrogen-bond donors (Lipinski definition) is 8. The molecule has 4 atom stereocenters. The average molecular weight is 445 g/mol. The number of aliphatic hydroxyl groups is 1. The molecule has 12 nitrogen and oxygen atoms in total. The summed E-state index contributed by atoms with van der Waals surface area (Å²) < 4.78 is 0. The van der Waals surface area contributed by atoms with Gasteiger partial charge in [-0.2, -0.15) is 12.6 Å². The van der Waals surface area contributed by atoms with Crippen molar-refractivity contribution in [3.8, 4) is 0 Å². The van der Waals surface area contributed by atoms with E-state index in [1.54, 1.807) is 13.8 Å². The lowest BCUT2D eigenvalue weighted by atomic mass is 10.0. The molecule has 1 aromatic heterocycles. The van der Waals surface area contributed by atoms with E-state index in [1.165, 1.54) is 12.5 Å². The number of rotatable bonds is 12. The van der Waals surface area contributed by atoms with Gasteiger partial charge in [-0.25, -0.2) is 9.78 Å². The maximum absolute atomic E-state index is 12.7. The fourth-order valence-corrected chi connectivity index (χ4v) is 2.69. The highest BCUT2D eigenvalue weighted by atomic mass is 32.1. The SMILES string of the molecule is CC(C)C(NC(=O)C(N)Cc1cnc[nH]1)C(=O)NC(CS)C(=O)NC(CO)C(=O)O. The summed E-state index contributed by atoms with van der Waals surface area (Å²) in [5.41, 5.74) is 6.54. The summed E-state index contributed by atoms with van der Waals surface area (Å²) in [6.07, 6.45) is 3.18. The van der Waals surface area contributed by atoms with Gasteiger partial charge in [0.05, 0.1) is 19.0 Å². The van der Waals surface area contributed by atoms with Crippen LogP contribution in [0.3, 0.4) is 0 Å². The minimum atomic E-state index is -1.52. The van der Waals surface area contributed by atoms with Crippen molar-refractivity contribution in [2.45, 2.75) is 44.4 Å². The molecule has 0 aliphatic carbocycles. The third kappa shape index (κ3) is 7.65. The van der Waals surface area contributed by atoms with Gasteiger partial charge in [-0.3, -0.25) is 14.4 Å². The minimum absolute atomic E-state index is 0.132. The van der Waals surface area contributed by atoms with Crippen LogP contribution in [0.15, 0.2) is 12.5 Å². The molecule has 1 rings (SSSR count). The Balaban J connectivity index is 2.75. The van der Waals surface area contributed by atoms with Gasteiger partial charge in [-0.1, -0.05) is 13.8 Å². The van der Waals surface area contributed by atoms with E-state index in [4.69, 9.17) is 15.9 Å². The first kappa shape index (κ1) is 25.4. The Morgan fingerprint density at radius 1 is 1.13 bits per heavy atom. The van der Waals surface area contributed by atoms with E-state index in [1.807, 2.05) is 0 Å². The van der Waals surface area contributed by atoms with Gasteiger partial charge in [0.2, 0.25) is 17.7 Å². The number of hydrogen-bond acceptors (Lipinski definition) is 8. The number of carboxylic acid groups (broad SMARTS) is 1. The molecule has 1 heterocycles. The number of aromatic nitrogens is 2. The first-order valence-corrected chi connectivity index (χ1v) is 9.82. The van der Waals surface area contributed by atoms with Crippen LogP contribution in [-0.4, -0.2) is 80.4 Å². The van der Waals surface area contributed by atoms with Crippen molar-refractivity contribution in [1.29, 1.82) is 0 Å². The minimum Gasteiger partial charge on any atom is -0.480 e. The number of amides is 3. The summed E-state index contributed by atoms with van der Waals surface area (Å²) in [4.78, 5) is 54.9. The van der Waals surface area contributed by atoms with E-state index >= 15 is 0 Å². The highest BCUT2D eigenvalue weighted by molar-refractivity contribution is 7.80. The smallest absolute Gasteiger partial charge is 0.328 e. The van der Waals surface area contributed by atoms with Gasteiger partial charge in [0.15, 0.2) is 0 Å². The second kappa shape index (κ2) is 12.1. The number of carbonyl (C=O) groups excluding carboxylic acids is 3. The predicted octanol–water partition coefficient (Wildman–Crippen LogP) is -2.60. The fraction of sp³-hybridized carbons (Fsp3) is 0.588. The molecule has 1 aromatic rings. The maximum Gasteiger partial charge on any atom is 0.328 e. The highest BCUT2D eigenvalue weighted by Gasteiger charge is 2.31. The molecule has 8 N–H and O–H groups in total. The maximum atomic E-state index is 12.7. The van der Waals surface area contributed by atoms with Crippen LogP contribution in [0.25, 0.3) is 0 Å². The Kier molecular flexibility index (Phi) is 10.3. The van der Waals surface area contributed by atoms with Crippen LogP contribution in [0.1, 0.15) is 19.5 Å². The van der Waals surface area contributed by atoms with Gasteiger partial charge < -0.3 is 36.9 Å². The molecule has 0 spiro atoms. The van der Waals surface area contributed by atoms with Crippen LogP contribution in [0, 0.1) is 5.92 Å². The number of carbonyl (C=O) groups is 4. The quantitative estimate of drug-likeness (QED) is 0.160. The summed E-state index contributed by atoms with van der Waals surface area (Å²) in [6.45, 7) is 2.59. The van der Waals surface area contributed by atoms with E-state index in [0.29, 0.717) is 5.69 Å². The van der Waals surface area contributed by atoms with Crippen LogP contribution in [0.5, 0.6) is 0 Å². The number of carboxylic acids is 1. The number of imidazole rings is 1. The Labute approximate surface area is 178 Å². The molecule has 0 fully saturated rings. The molecule has 0 bridgehead atoms. The Morgan fingerprint density at radius 2 is 1.77 bits per heavy atom. The average Bonchev–Trinajstić information content (AvgIpc) is 3.19. The summed E-state index contributed by atoms with van der Waals surface area (Å²) >= 11 is 4.00. The number of aliphatic carboxylic acids is 1. The van der Waals surface area contributed by atoms with Gasteiger partial charge >= 0.3 is 5.97 Å². The van der Waals surface area contributed by atoms with E-state index in [-0.39, 0.29) is 18.1 Å². The van der Waals surface area contributed by atoms with Crippen molar-refractivity contribution in [2.75, 3.05) is 12.4 Å². The van der Waals surface area contributed by atoms with E-state index in [0.717, 1.165) is 0 Å². The lowest BCUT2D eigenvalue weighted by Gasteiger charge is -2.26.